The first kappa shape index (κ1) is 21.1. The third-order valence-electron chi connectivity index (χ3n) is 24.8. The fourth-order valence-corrected chi connectivity index (χ4v) is 114. The van der Waals surface area contributed by atoms with Crippen molar-refractivity contribution < 1.29 is 6.51 Å². The maximum atomic E-state index is 4.01. The van der Waals surface area contributed by atoms with Crippen molar-refractivity contribution >= 4 is 17.8 Å². The predicted molar refractivity (Wildman–Crippen MR) is 162 cm³/mol. The molecule has 2 nitrogen and oxygen atoms in total. The molecule has 5 heteroatoms. The summed E-state index contributed by atoms with van der Waals surface area (Å²) in [6, 6.07) is 0. The molecule has 4 saturated carbocycles. The summed E-state index contributed by atoms with van der Waals surface area (Å²) in [5, 5.41) is 9.10. The molecule has 4 aliphatic carbocycles. The van der Waals surface area contributed by atoms with Gasteiger partial charge in [-0.1, -0.05) is 0 Å². The minimum atomic E-state index is -3.71. The molecule has 0 aromatic heterocycles. The van der Waals surface area contributed by atoms with E-state index < -0.39 is 6.51 Å². The van der Waals surface area contributed by atoms with Crippen molar-refractivity contribution in [1.29, 1.82) is 0 Å². The molecule has 12 saturated heterocycles. The van der Waals surface area contributed by atoms with E-state index in [9.17, 15) is 0 Å². The first-order valence-electron chi connectivity index (χ1n) is 17.7. The van der Waals surface area contributed by atoms with Gasteiger partial charge in [0.05, 0.1) is 0 Å². The molecule has 0 aromatic carbocycles. The molecule has 216 valence electrons. The van der Waals surface area contributed by atoms with Gasteiger partial charge in [0.25, 0.3) is 0 Å². The summed E-state index contributed by atoms with van der Waals surface area (Å²) in [7, 11) is 5.28. The van der Waals surface area contributed by atoms with Crippen LogP contribution in [-0.2, 0) is 6.51 Å². The zero-order valence-electron chi connectivity index (χ0n) is 24.5. The molecule has 4 bridgehead atoms. The summed E-state index contributed by atoms with van der Waals surface area (Å²) in [5.74, 6) is 5.34. The molecular formula is C34H52FeN2P2. The monoisotopic (exact) mass is 606 g/mol. The van der Waals surface area contributed by atoms with Crippen molar-refractivity contribution in [2.24, 2.45) is 35.0 Å². The molecule has 0 aromatic rings. The topological polar surface area (TPSA) is 24.1 Å². The SMILES string of the molecule is CC(C)(C)PC(C12CC3CC(CC(C3)C1)C2)[C]12[CH]3[CH]4[CH]5[C]1(C(P)(C1CCNC1)C1CCNC1)[Fe]43521678[CH]2[CH]1[CH]6[CH]7[CH]28. The van der Waals surface area contributed by atoms with Crippen LogP contribution in [0.2, 0.25) is 47.2 Å². The average Bonchev–Trinajstić information content (AvgIpc) is 3.71. The van der Waals surface area contributed by atoms with Crippen molar-refractivity contribution in [3.63, 3.8) is 0 Å². The molecule has 1 spiro atoms. The molecule has 16 rings (SSSR count). The van der Waals surface area contributed by atoms with Gasteiger partial charge >= 0.3 is 231 Å². The van der Waals surface area contributed by atoms with Gasteiger partial charge in [0.15, 0.2) is 0 Å². The summed E-state index contributed by atoms with van der Waals surface area (Å²) in [6.45, 7) is 9.76. The van der Waals surface area contributed by atoms with Crippen LogP contribution in [0, 0.1) is 35.0 Å². The van der Waals surface area contributed by atoms with Crippen molar-refractivity contribution in [3.8, 4) is 0 Å². The normalized spacial score (nSPS) is 85.9. The Balaban J connectivity index is 1.05. The second-order valence-electron chi connectivity index (χ2n) is 22.2. The van der Waals surface area contributed by atoms with Gasteiger partial charge in [-0.05, 0) is 0 Å². The van der Waals surface area contributed by atoms with Gasteiger partial charge in [-0.3, -0.25) is 0 Å². The van der Waals surface area contributed by atoms with E-state index in [1.807, 2.05) is 0 Å². The Kier molecular flexibility index (Phi) is 1.76. The fourth-order valence-electron chi connectivity index (χ4n) is 27.6. The zero-order valence-corrected chi connectivity index (χ0v) is 27.8. The molecule has 10 atom stereocenters. The molecule has 16 aliphatic rings. The average molecular weight is 607 g/mol. The van der Waals surface area contributed by atoms with E-state index in [0.717, 1.165) is 43.6 Å². The standard InChI is InChI=1S/C29H47N2P2.C5H5.Fe/c1-27(2,3)33-26(28-14-19-11-20(15-28)13-21(12-19)16-28)24-5-4-6-25(24)29(32,22-7-9-30-17-22)23-8-10-31-18-23;1-2-4-5-3-1;/h4-6,19-23,26,30-31,33H,7-18,32H2,1-3H3;1-5H;. The quantitative estimate of drug-likeness (QED) is 0.237. The van der Waals surface area contributed by atoms with Crippen LogP contribution in [-0.4, -0.2) is 42.2 Å². The minimum absolute atomic E-state index is 0.532. The van der Waals surface area contributed by atoms with Crippen LogP contribution in [0.5, 0.6) is 0 Å². The number of nitrogens with one attached hydrogen (secondary N) is 2. The molecule has 12 heterocycles. The third kappa shape index (κ3) is 0.579. The van der Waals surface area contributed by atoms with Crippen LogP contribution in [0.4, 0.5) is 0 Å². The Morgan fingerprint density at radius 1 is 0.769 bits per heavy atom. The molecule has 2 N–H and O–H groups in total. The molecule has 16 fully saturated rings. The van der Waals surface area contributed by atoms with Gasteiger partial charge in [0.1, 0.15) is 0 Å². The Morgan fingerprint density at radius 2 is 1.28 bits per heavy atom. The van der Waals surface area contributed by atoms with Crippen molar-refractivity contribution in [3.05, 3.63) is 0 Å². The van der Waals surface area contributed by atoms with E-state index in [1.165, 1.54) is 91.8 Å². The second-order valence-corrected chi connectivity index (χ2v) is 48.8. The molecule has 0 amide bonds. The zero-order chi connectivity index (χ0) is 25.5. The number of fused-ring (bicyclic) bond motifs is 10. The van der Waals surface area contributed by atoms with Crippen LogP contribution in [0.3, 0.4) is 0 Å². The second kappa shape index (κ2) is 3.24. The van der Waals surface area contributed by atoms with Crippen LogP contribution < -0.4 is 10.6 Å². The predicted octanol–water partition coefficient (Wildman–Crippen LogP) is 8.01. The van der Waals surface area contributed by atoms with E-state index in [2.05, 4.69) is 40.6 Å². The van der Waals surface area contributed by atoms with Crippen LogP contribution in [0.25, 0.3) is 0 Å². The van der Waals surface area contributed by atoms with Gasteiger partial charge in [-0.2, -0.15) is 0 Å². The number of hydrogen-bond donors (Lipinski definition) is 2. The van der Waals surface area contributed by atoms with Crippen LogP contribution in [0.15, 0.2) is 0 Å². The molecule has 10 unspecified atom stereocenters. The van der Waals surface area contributed by atoms with Crippen molar-refractivity contribution in [2.75, 3.05) is 26.2 Å². The molecular weight excluding hydrogens is 554 g/mol. The van der Waals surface area contributed by atoms with Crippen LogP contribution in [0.1, 0.15) is 72.1 Å². The van der Waals surface area contributed by atoms with Gasteiger partial charge in [0, 0.05) is 0 Å². The van der Waals surface area contributed by atoms with Gasteiger partial charge in [0.2, 0.25) is 0 Å². The summed E-state index contributed by atoms with van der Waals surface area (Å²) in [5.41, 5.74) is 1.98. The summed E-state index contributed by atoms with van der Waals surface area (Å²) < 4.78 is 1.94. The maximum absolute atomic E-state index is 4.01. The van der Waals surface area contributed by atoms with E-state index in [-0.39, 0.29) is 0 Å². The molecule has 39 heavy (non-hydrogen) atoms. The Hall–Kier alpha value is 1.30. The fraction of sp³-hybridized carbons (Fsp3) is 1.00. The van der Waals surface area contributed by atoms with Crippen molar-refractivity contribution in [2.45, 2.75) is 135 Å². The number of rotatable bonds is 6. The Labute approximate surface area is 230 Å². The van der Waals surface area contributed by atoms with Gasteiger partial charge in [-0.25, -0.2) is 0 Å². The molecule has 0 radical (unpaired) electrons. The summed E-state index contributed by atoms with van der Waals surface area (Å²) in [6.07, 6.45) is 13.0. The van der Waals surface area contributed by atoms with Gasteiger partial charge in [-0.15, -0.1) is 0 Å². The van der Waals surface area contributed by atoms with E-state index in [0.29, 0.717) is 10.3 Å². The summed E-state index contributed by atoms with van der Waals surface area (Å²) in [4.78, 5) is 11.5. The Bertz CT molecular complexity index is 1640. The van der Waals surface area contributed by atoms with E-state index >= 15 is 0 Å². The molecule has 12 aliphatic heterocycles. The van der Waals surface area contributed by atoms with Crippen molar-refractivity contribution in [1.82, 2.24) is 10.6 Å². The van der Waals surface area contributed by atoms with Crippen LogP contribution >= 0.6 is 17.8 Å². The first-order chi connectivity index (χ1) is 18.5. The van der Waals surface area contributed by atoms with E-state index in [1.54, 1.807) is 38.5 Å². The number of hydrogen-bond acceptors (Lipinski definition) is 2. The first-order valence-corrected chi connectivity index (χ1v) is 25.5. The van der Waals surface area contributed by atoms with Gasteiger partial charge < -0.3 is 0 Å². The third-order valence-corrected chi connectivity index (χ3v) is 72.2. The van der Waals surface area contributed by atoms with E-state index in [4.69, 9.17) is 0 Å². The Morgan fingerprint density at radius 3 is 1.67 bits per heavy atom. The summed E-state index contributed by atoms with van der Waals surface area (Å²) >= 11 is 0.